The number of nitrogens with one attached hydrogen (secondary N) is 1. The molecule has 0 radical (unpaired) electrons. The number of hydrogen-bond acceptors (Lipinski definition) is 8. The number of ether oxygens (including phenoxy) is 2. The Morgan fingerprint density at radius 1 is 1.09 bits per heavy atom. The van der Waals surface area contributed by atoms with Crippen LogP contribution in [0.5, 0.6) is 0 Å². The Hall–Kier alpha value is -1.03. The van der Waals surface area contributed by atoms with Crippen molar-refractivity contribution in [3.63, 3.8) is 0 Å². The highest BCUT2D eigenvalue weighted by molar-refractivity contribution is 5.99. The SMILES string of the molecule is CO/N=C1\C=C2C(CC[C@]3(C)C(C(C)NCC(OC)OC)CC[C@@]23O)[C@@]2(C)C[C@H](O)[C@H](O)C[C@@H]12. The molecular weight excluding hydrogens is 436 g/mol. The second kappa shape index (κ2) is 9.45. The summed E-state index contributed by atoms with van der Waals surface area (Å²) < 4.78 is 10.7. The van der Waals surface area contributed by atoms with Gasteiger partial charge in [0, 0.05) is 38.1 Å². The van der Waals surface area contributed by atoms with Gasteiger partial charge in [0.1, 0.15) is 7.11 Å². The summed E-state index contributed by atoms with van der Waals surface area (Å²) in [5.74, 6) is 0.424. The van der Waals surface area contributed by atoms with Gasteiger partial charge in [-0.05, 0) is 74.3 Å². The van der Waals surface area contributed by atoms with E-state index in [0.717, 1.165) is 30.5 Å². The van der Waals surface area contributed by atoms with Crippen molar-refractivity contribution in [2.75, 3.05) is 27.9 Å². The zero-order valence-corrected chi connectivity index (χ0v) is 21.6. The molecule has 4 rings (SSSR count). The number of aliphatic hydroxyl groups excluding tert-OH is 2. The predicted molar refractivity (Wildman–Crippen MR) is 129 cm³/mol. The summed E-state index contributed by atoms with van der Waals surface area (Å²) in [6.07, 6.45) is 4.67. The van der Waals surface area contributed by atoms with Crippen LogP contribution >= 0.6 is 0 Å². The number of methoxy groups -OCH3 is 2. The summed E-state index contributed by atoms with van der Waals surface area (Å²) in [6, 6.07) is 0.190. The van der Waals surface area contributed by atoms with Crippen LogP contribution in [0, 0.1) is 28.6 Å². The number of nitrogens with zero attached hydrogens (tertiary/aromatic N) is 1. The first-order valence-corrected chi connectivity index (χ1v) is 12.8. The van der Waals surface area contributed by atoms with Crippen LogP contribution in [0.25, 0.3) is 0 Å². The van der Waals surface area contributed by atoms with Crippen LogP contribution in [-0.4, -0.2) is 79.0 Å². The van der Waals surface area contributed by atoms with E-state index in [0.29, 0.717) is 31.7 Å². The van der Waals surface area contributed by atoms with Crippen LogP contribution in [0.4, 0.5) is 0 Å². The average molecular weight is 481 g/mol. The Balaban J connectivity index is 1.67. The van der Waals surface area contributed by atoms with Gasteiger partial charge in [-0.15, -0.1) is 0 Å². The third kappa shape index (κ3) is 3.85. The fourth-order valence-electron chi connectivity index (χ4n) is 8.12. The van der Waals surface area contributed by atoms with Crippen molar-refractivity contribution >= 4 is 5.71 Å². The Morgan fingerprint density at radius 2 is 1.79 bits per heavy atom. The van der Waals surface area contributed by atoms with Crippen molar-refractivity contribution in [1.29, 1.82) is 0 Å². The van der Waals surface area contributed by atoms with Crippen molar-refractivity contribution in [3.8, 4) is 0 Å². The summed E-state index contributed by atoms with van der Waals surface area (Å²) in [5, 5.41) is 41.4. The molecule has 4 aliphatic rings. The highest BCUT2D eigenvalue weighted by Crippen LogP contribution is 2.67. The van der Waals surface area contributed by atoms with Crippen LogP contribution in [-0.2, 0) is 14.3 Å². The van der Waals surface area contributed by atoms with Gasteiger partial charge in [-0.1, -0.05) is 19.0 Å². The molecule has 0 bridgehead atoms. The fraction of sp³-hybridized carbons (Fsp3) is 0.885. The molecule has 0 saturated heterocycles. The van der Waals surface area contributed by atoms with Gasteiger partial charge in [-0.3, -0.25) is 0 Å². The highest BCUT2D eigenvalue weighted by Gasteiger charge is 2.66. The quantitative estimate of drug-likeness (QED) is 0.326. The third-order valence-electron chi connectivity index (χ3n) is 10.1. The van der Waals surface area contributed by atoms with Crippen molar-refractivity contribution < 1.29 is 29.6 Å². The molecule has 0 aliphatic heterocycles. The predicted octanol–water partition coefficient (Wildman–Crippen LogP) is 2.22. The molecule has 194 valence electrons. The molecule has 0 aromatic carbocycles. The molecule has 9 atom stereocenters. The Kier molecular flexibility index (Phi) is 7.24. The monoisotopic (exact) mass is 480 g/mol. The lowest BCUT2D eigenvalue weighted by molar-refractivity contribution is -0.123. The minimum Gasteiger partial charge on any atom is -0.399 e. The number of oxime groups is 1. The number of aliphatic hydroxyl groups is 3. The van der Waals surface area contributed by atoms with Gasteiger partial charge >= 0.3 is 0 Å². The van der Waals surface area contributed by atoms with Crippen LogP contribution in [0.3, 0.4) is 0 Å². The zero-order valence-electron chi connectivity index (χ0n) is 21.6. The lowest BCUT2D eigenvalue weighted by atomic mass is 9.46. The molecule has 8 nitrogen and oxygen atoms in total. The fourth-order valence-corrected chi connectivity index (χ4v) is 8.12. The summed E-state index contributed by atoms with van der Waals surface area (Å²) in [7, 11) is 4.82. The molecule has 3 unspecified atom stereocenters. The van der Waals surface area contributed by atoms with Gasteiger partial charge < -0.3 is 34.9 Å². The van der Waals surface area contributed by atoms with E-state index in [1.54, 1.807) is 14.2 Å². The van der Waals surface area contributed by atoms with Crippen LogP contribution in [0.2, 0.25) is 0 Å². The summed E-state index contributed by atoms with van der Waals surface area (Å²) >= 11 is 0. The lowest BCUT2D eigenvalue weighted by Crippen LogP contribution is -2.61. The molecule has 3 saturated carbocycles. The highest BCUT2D eigenvalue weighted by atomic mass is 16.7. The van der Waals surface area contributed by atoms with Crippen molar-refractivity contribution in [1.82, 2.24) is 5.32 Å². The minimum atomic E-state index is -0.943. The second-order valence-electron chi connectivity index (χ2n) is 11.5. The molecule has 0 aromatic rings. The van der Waals surface area contributed by atoms with Gasteiger partial charge in [-0.25, -0.2) is 0 Å². The molecule has 0 heterocycles. The number of rotatable bonds is 7. The van der Waals surface area contributed by atoms with Crippen molar-refractivity contribution in [3.05, 3.63) is 11.6 Å². The van der Waals surface area contributed by atoms with E-state index in [4.69, 9.17) is 14.3 Å². The van der Waals surface area contributed by atoms with E-state index in [-0.39, 0.29) is 35.0 Å². The topological polar surface area (TPSA) is 113 Å². The first kappa shape index (κ1) is 26.0. The van der Waals surface area contributed by atoms with E-state index in [2.05, 4.69) is 37.3 Å². The van der Waals surface area contributed by atoms with E-state index in [9.17, 15) is 15.3 Å². The third-order valence-corrected chi connectivity index (χ3v) is 10.1. The molecule has 0 aromatic heterocycles. The summed E-state index contributed by atoms with van der Waals surface area (Å²) in [5.41, 5.74) is 0.301. The first-order chi connectivity index (χ1) is 16.1. The molecule has 0 amide bonds. The largest absolute Gasteiger partial charge is 0.399 e. The Labute approximate surface area is 203 Å². The minimum absolute atomic E-state index is 0.00892. The Morgan fingerprint density at radius 3 is 2.44 bits per heavy atom. The van der Waals surface area contributed by atoms with E-state index >= 15 is 0 Å². The first-order valence-electron chi connectivity index (χ1n) is 12.8. The number of hydrogen-bond donors (Lipinski definition) is 4. The molecule has 8 heteroatoms. The Bertz CT molecular complexity index is 815. The molecular formula is C26H44N2O6. The maximum atomic E-state index is 12.4. The molecule has 34 heavy (non-hydrogen) atoms. The second-order valence-corrected chi connectivity index (χ2v) is 11.5. The average Bonchev–Trinajstić information content (AvgIpc) is 3.08. The molecule has 3 fully saturated rings. The zero-order chi connectivity index (χ0) is 24.9. The van der Waals surface area contributed by atoms with Crippen LogP contribution in [0.1, 0.15) is 59.3 Å². The van der Waals surface area contributed by atoms with Gasteiger partial charge in [-0.2, -0.15) is 0 Å². The summed E-state index contributed by atoms with van der Waals surface area (Å²) in [4.78, 5) is 5.21. The van der Waals surface area contributed by atoms with Crippen molar-refractivity contribution in [2.24, 2.45) is 33.7 Å². The van der Waals surface area contributed by atoms with Crippen LogP contribution < -0.4 is 5.32 Å². The van der Waals surface area contributed by atoms with Gasteiger partial charge in [0.25, 0.3) is 0 Å². The number of allylic oxidation sites excluding steroid dienone is 1. The molecule has 4 aliphatic carbocycles. The standard InChI is InChI=1S/C26H44N2O6/c1-15(27-14-23(32-4)33-5)16-8-10-26(31)18-11-20(28-34-6)19-12-21(29)22(30)13-24(19,2)17(18)7-9-25(16,26)3/h11,15-17,19,21-23,27,29-31H,7-10,12-14H2,1-6H3/b28-20+/t15?,16?,17?,19-,21+,22-,24+,25+,26+/m0/s1. The normalized spacial score (nSPS) is 46.0. The van der Waals surface area contributed by atoms with E-state index in [1.807, 2.05) is 0 Å². The smallest absolute Gasteiger partial charge is 0.169 e. The maximum Gasteiger partial charge on any atom is 0.169 e. The summed E-state index contributed by atoms with van der Waals surface area (Å²) in [6.45, 7) is 7.23. The maximum absolute atomic E-state index is 12.4. The number of fused-ring (bicyclic) bond motifs is 5. The van der Waals surface area contributed by atoms with E-state index in [1.165, 1.54) is 7.11 Å². The molecule has 4 N–H and O–H groups in total. The van der Waals surface area contributed by atoms with Gasteiger partial charge in [0.15, 0.2) is 6.29 Å². The van der Waals surface area contributed by atoms with Gasteiger partial charge in [0.2, 0.25) is 0 Å². The molecule has 0 spiro atoms. The van der Waals surface area contributed by atoms with E-state index < -0.39 is 17.8 Å². The van der Waals surface area contributed by atoms with Crippen molar-refractivity contribution in [2.45, 2.75) is 89.4 Å². The lowest BCUT2D eigenvalue weighted by Gasteiger charge is -2.60. The van der Waals surface area contributed by atoms with Crippen LogP contribution in [0.15, 0.2) is 16.8 Å². The van der Waals surface area contributed by atoms with Gasteiger partial charge in [0.05, 0.1) is 23.5 Å².